The van der Waals surface area contributed by atoms with E-state index in [4.69, 9.17) is 18.0 Å². The van der Waals surface area contributed by atoms with Crippen molar-refractivity contribution in [2.45, 2.75) is 45.7 Å². The molecule has 1 aromatic rings. The number of amides is 1. The molecule has 4 heteroatoms. The van der Waals surface area contributed by atoms with E-state index < -0.39 is 0 Å². The molecular weight excluding hydrogens is 248 g/mol. The van der Waals surface area contributed by atoms with Crippen molar-refractivity contribution in [2.24, 2.45) is 0 Å². The van der Waals surface area contributed by atoms with Crippen LogP contribution in [0.5, 0.6) is 0 Å². The van der Waals surface area contributed by atoms with Crippen molar-refractivity contribution in [2.75, 3.05) is 0 Å². The highest BCUT2D eigenvalue weighted by molar-refractivity contribution is 6.31. The Kier molecular flexibility index (Phi) is 5.80. The summed E-state index contributed by atoms with van der Waals surface area (Å²) in [7, 11) is 0. The molecule has 1 atom stereocenters. The molecule has 1 unspecified atom stereocenters. The zero-order valence-corrected chi connectivity index (χ0v) is 11.6. The lowest BCUT2D eigenvalue weighted by atomic mass is 10.1. The smallest absolute Gasteiger partial charge is 0.268 e. The number of hydrogen-bond donors (Lipinski definition) is 1. The minimum absolute atomic E-state index is 0.0197. The van der Waals surface area contributed by atoms with E-state index in [-0.39, 0.29) is 11.9 Å². The summed E-state index contributed by atoms with van der Waals surface area (Å²) >= 11 is 5.94. The van der Waals surface area contributed by atoms with Gasteiger partial charge in [0.05, 0.1) is 5.02 Å². The van der Waals surface area contributed by atoms with Gasteiger partial charge in [-0.05, 0) is 18.9 Å². The fourth-order valence-corrected chi connectivity index (χ4v) is 2.01. The predicted octanol–water partition coefficient (Wildman–Crippen LogP) is 3.08. The molecule has 1 aromatic heterocycles. The minimum atomic E-state index is -0.113. The number of rotatable bonds is 6. The molecule has 1 rings (SSSR count). The molecule has 0 saturated carbocycles. The topological polar surface area (TPSA) is 34.0 Å². The summed E-state index contributed by atoms with van der Waals surface area (Å²) in [4.78, 5) is 12.1. The second-order valence-corrected chi connectivity index (χ2v) is 4.66. The van der Waals surface area contributed by atoms with Gasteiger partial charge in [0, 0.05) is 25.2 Å². The monoisotopic (exact) mass is 266 g/mol. The maximum Gasteiger partial charge on any atom is 0.268 e. The number of nitrogens with one attached hydrogen (secondary N) is 1. The number of carbonyl (C=O) groups excluding carboxylic acids is 1. The number of terminal acetylenes is 1. The summed E-state index contributed by atoms with van der Waals surface area (Å²) in [6, 6.07) is 1.71. The van der Waals surface area contributed by atoms with Gasteiger partial charge in [-0.2, -0.15) is 0 Å². The fraction of sp³-hybridized carbons (Fsp3) is 0.500. The second kappa shape index (κ2) is 7.13. The third kappa shape index (κ3) is 3.82. The molecule has 0 radical (unpaired) electrons. The van der Waals surface area contributed by atoms with Gasteiger partial charge in [0.2, 0.25) is 0 Å². The molecule has 1 amide bonds. The number of aryl methyl sites for hydroxylation is 1. The Balaban J connectivity index is 2.80. The molecule has 1 heterocycles. The summed E-state index contributed by atoms with van der Waals surface area (Å²) in [6.07, 6.45) is 9.37. The van der Waals surface area contributed by atoms with Crippen LogP contribution in [-0.2, 0) is 6.54 Å². The van der Waals surface area contributed by atoms with Crippen molar-refractivity contribution >= 4 is 17.5 Å². The van der Waals surface area contributed by atoms with Gasteiger partial charge < -0.3 is 9.88 Å². The number of hydrogen-bond acceptors (Lipinski definition) is 1. The van der Waals surface area contributed by atoms with Crippen LogP contribution >= 0.6 is 11.6 Å². The highest BCUT2D eigenvalue weighted by Gasteiger charge is 2.15. The number of halogens is 1. The zero-order valence-electron chi connectivity index (χ0n) is 10.9. The summed E-state index contributed by atoms with van der Waals surface area (Å²) in [5.74, 6) is 2.46. The van der Waals surface area contributed by atoms with Crippen LogP contribution in [0.15, 0.2) is 12.3 Å². The molecule has 98 valence electrons. The van der Waals surface area contributed by atoms with Crippen molar-refractivity contribution in [3.63, 3.8) is 0 Å². The maximum atomic E-state index is 12.1. The standard InChI is InChI=1S/C14H19ClN2O/c1-4-7-12(6-3)16-14(18)13-9-11(15)10-17(13)8-5-2/h1,9-10,12H,5-8H2,2-3H3,(H,16,18). The summed E-state index contributed by atoms with van der Waals surface area (Å²) in [5.41, 5.74) is 0.595. The van der Waals surface area contributed by atoms with E-state index in [1.54, 1.807) is 12.3 Å². The third-order valence-electron chi connectivity index (χ3n) is 2.75. The van der Waals surface area contributed by atoms with Gasteiger partial charge in [-0.15, -0.1) is 12.3 Å². The molecule has 3 nitrogen and oxygen atoms in total. The number of carbonyl (C=O) groups is 1. The van der Waals surface area contributed by atoms with Crippen LogP contribution in [0.4, 0.5) is 0 Å². The van der Waals surface area contributed by atoms with Crippen molar-refractivity contribution in [1.82, 2.24) is 9.88 Å². The lowest BCUT2D eigenvalue weighted by Gasteiger charge is -2.15. The Morgan fingerprint density at radius 1 is 1.61 bits per heavy atom. The van der Waals surface area contributed by atoms with Crippen LogP contribution in [0, 0.1) is 12.3 Å². The van der Waals surface area contributed by atoms with Crippen LogP contribution in [0.25, 0.3) is 0 Å². The highest BCUT2D eigenvalue weighted by Crippen LogP contribution is 2.15. The molecule has 0 saturated heterocycles. The van der Waals surface area contributed by atoms with E-state index in [9.17, 15) is 4.79 Å². The zero-order chi connectivity index (χ0) is 13.5. The number of nitrogens with zero attached hydrogens (tertiary/aromatic N) is 1. The molecule has 18 heavy (non-hydrogen) atoms. The van der Waals surface area contributed by atoms with E-state index >= 15 is 0 Å². The van der Waals surface area contributed by atoms with Crippen molar-refractivity contribution < 1.29 is 4.79 Å². The van der Waals surface area contributed by atoms with Crippen LogP contribution in [0.3, 0.4) is 0 Å². The second-order valence-electron chi connectivity index (χ2n) is 4.22. The van der Waals surface area contributed by atoms with Gasteiger partial charge in [0.1, 0.15) is 5.69 Å². The Bertz CT molecular complexity index is 445. The Hall–Kier alpha value is -1.40. The lowest BCUT2D eigenvalue weighted by molar-refractivity contribution is 0.0927. The molecule has 1 N–H and O–H groups in total. The SMILES string of the molecule is C#CCC(CC)NC(=O)c1cc(Cl)cn1CCC. The molecule has 0 bridgehead atoms. The first-order chi connectivity index (χ1) is 8.62. The summed E-state index contributed by atoms with van der Waals surface area (Å²) in [6.45, 7) is 4.84. The Morgan fingerprint density at radius 3 is 2.89 bits per heavy atom. The third-order valence-corrected chi connectivity index (χ3v) is 2.96. The van der Waals surface area contributed by atoms with E-state index in [0.29, 0.717) is 17.1 Å². The quantitative estimate of drug-likeness (QED) is 0.789. The van der Waals surface area contributed by atoms with E-state index in [0.717, 1.165) is 19.4 Å². The minimum Gasteiger partial charge on any atom is -0.347 e. The molecule has 0 aliphatic heterocycles. The maximum absolute atomic E-state index is 12.1. The molecular formula is C14H19ClN2O. The van der Waals surface area contributed by atoms with Gasteiger partial charge >= 0.3 is 0 Å². The highest BCUT2D eigenvalue weighted by atomic mass is 35.5. The van der Waals surface area contributed by atoms with Crippen LogP contribution < -0.4 is 5.32 Å². The van der Waals surface area contributed by atoms with Gasteiger partial charge in [-0.25, -0.2) is 0 Å². The molecule has 0 spiro atoms. The molecule has 0 fully saturated rings. The normalized spacial score (nSPS) is 11.9. The Morgan fingerprint density at radius 2 is 2.33 bits per heavy atom. The largest absolute Gasteiger partial charge is 0.347 e. The average Bonchev–Trinajstić information content (AvgIpc) is 2.70. The first kappa shape index (κ1) is 14.7. The fourth-order valence-electron chi connectivity index (χ4n) is 1.79. The van der Waals surface area contributed by atoms with E-state index in [1.807, 2.05) is 11.5 Å². The summed E-state index contributed by atoms with van der Waals surface area (Å²) < 4.78 is 1.88. The van der Waals surface area contributed by atoms with Gasteiger partial charge in [-0.1, -0.05) is 25.4 Å². The molecule has 0 aromatic carbocycles. The lowest BCUT2D eigenvalue weighted by Crippen LogP contribution is -2.35. The van der Waals surface area contributed by atoms with Gasteiger partial charge in [0.15, 0.2) is 0 Å². The van der Waals surface area contributed by atoms with Gasteiger partial charge in [0.25, 0.3) is 5.91 Å². The van der Waals surface area contributed by atoms with E-state index in [1.165, 1.54) is 0 Å². The first-order valence-electron chi connectivity index (χ1n) is 6.22. The van der Waals surface area contributed by atoms with Crippen LogP contribution in [0.2, 0.25) is 5.02 Å². The van der Waals surface area contributed by atoms with Crippen LogP contribution in [-0.4, -0.2) is 16.5 Å². The van der Waals surface area contributed by atoms with Crippen molar-refractivity contribution in [3.05, 3.63) is 23.0 Å². The van der Waals surface area contributed by atoms with Crippen LogP contribution in [0.1, 0.15) is 43.6 Å². The van der Waals surface area contributed by atoms with Crippen molar-refractivity contribution in [3.8, 4) is 12.3 Å². The van der Waals surface area contributed by atoms with Crippen molar-refractivity contribution in [1.29, 1.82) is 0 Å². The first-order valence-corrected chi connectivity index (χ1v) is 6.60. The molecule has 0 aliphatic carbocycles. The average molecular weight is 267 g/mol. The van der Waals surface area contributed by atoms with Gasteiger partial charge in [-0.3, -0.25) is 4.79 Å². The number of aromatic nitrogens is 1. The predicted molar refractivity (Wildman–Crippen MR) is 74.7 cm³/mol. The Labute approximate surface area is 114 Å². The summed E-state index contributed by atoms with van der Waals surface area (Å²) in [5, 5.41) is 3.52. The van der Waals surface area contributed by atoms with E-state index in [2.05, 4.69) is 18.2 Å². The molecule has 0 aliphatic rings.